The van der Waals surface area contributed by atoms with Gasteiger partial charge in [-0.3, -0.25) is 9.36 Å². The fraction of sp³-hybridized carbons (Fsp3) is 0.100. The van der Waals surface area contributed by atoms with Crippen molar-refractivity contribution < 1.29 is 35.0 Å². The van der Waals surface area contributed by atoms with Crippen molar-refractivity contribution in [3.63, 3.8) is 0 Å². The SMILES string of the molecule is Cn1ccc(Oc2[c-]c3c(cc2)oc2ccc(Oc4ccn(C)n4)[c-]c23)n1.[Pt+2]. The minimum Gasteiger partial charge on any atom is -0.564 e. The molecule has 0 unspecified atom stereocenters. The average molecular weight is 553 g/mol. The van der Waals surface area contributed by atoms with Gasteiger partial charge in [0.1, 0.15) is 0 Å². The molecule has 142 valence electrons. The second-order valence-corrected chi connectivity index (χ2v) is 6.09. The molecule has 0 aliphatic carbocycles. The van der Waals surface area contributed by atoms with Crippen LogP contribution in [0.3, 0.4) is 0 Å². The van der Waals surface area contributed by atoms with Gasteiger partial charge in [-0.15, -0.1) is 34.5 Å². The van der Waals surface area contributed by atoms with Crippen LogP contribution in [0.1, 0.15) is 0 Å². The van der Waals surface area contributed by atoms with Crippen molar-refractivity contribution in [2.75, 3.05) is 0 Å². The molecule has 0 spiro atoms. The zero-order valence-corrected chi connectivity index (χ0v) is 17.2. The summed E-state index contributed by atoms with van der Waals surface area (Å²) in [7, 11) is 3.67. The maximum absolute atomic E-state index is 5.86. The van der Waals surface area contributed by atoms with Crippen LogP contribution in [0.25, 0.3) is 21.9 Å². The average Bonchev–Trinajstić information content (AvgIpc) is 3.34. The fourth-order valence-electron chi connectivity index (χ4n) is 2.82. The Hall–Kier alpha value is -3.05. The molecule has 0 amide bonds. The van der Waals surface area contributed by atoms with Crippen LogP contribution in [-0.2, 0) is 35.2 Å². The van der Waals surface area contributed by atoms with Crippen molar-refractivity contribution in [1.82, 2.24) is 19.6 Å². The molecule has 2 aromatic carbocycles. The van der Waals surface area contributed by atoms with Crippen LogP contribution in [0.4, 0.5) is 0 Å². The summed E-state index contributed by atoms with van der Waals surface area (Å²) in [5, 5.41) is 9.96. The molecule has 0 fully saturated rings. The Bertz CT molecular complexity index is 1170. The van der Waals surface area contributed by atoms with E-state index in [1.165, 1.54) is 0 Å². The van der Waals surface area contributed by atoms with E-state index in [2.05, 4.69) is 22.3 Å². The van der Waals surface area contributed by atoms with Crippen LogP contribution >= 0.6 is 0 Å². The molecule has 5 aromatic rings. The Labute approximate surface area is 174 Å². The Morgan fingerprint density at radius 2 is 1.21 bits per heavy atom. The monoisotopic (exact) mass is 553 g/mol. The standard InChI is InChI=1S/C20H14N4O3.Pt/c1-23-9-7-19(21-23)25-13-3-5-17-15(11-13)16-12-14(4-6-18(16)27-17)26-20-8-10-24(2)22-20;/h3-10H,1-2H3;/q-2;+2. The van der Waals surface area contributed by atoms with Crippen molar-refractivity contribution in [3.8, 4) is 23.3 Å². The molecule has 5 rings (SSSR count). The van der Waals surface area contributed by atoms with Crippen molar-refractivity contribution in [2.45, 2.75) is 0 Å². The maximum atomic E-state index is 5.86. The fourth-order valence-corrected chi connectivity index (χ4v) is 2.82. The second kappa shape index (κ2) is 7.17. The van der Waals surface area contributed by atoms with E-state index < -0.39 is 0 Å². The quantitative estimate of drug-likeness (QED) is 0.312. The Balaban J connectivity index is 0.00000192. The van der Waals surface area contributed by atoms with Crippen LogP contribution in [0, 0.1) is 12.1 Å². The van der Waals surface area contributed by atoms with E-state index >= 15 is 0 Å². The number of hydrogen-bond donors (Lipinski definition) is 0. The summed E-state index contributed by atoms with van der Waals surface area (Å²) in [4.78, 5) is 0. The van der Waals surface area contributed by atoms with E-state index in [0.29, 0.717) is 34.4 Å². The van der Waals surface area contributed by atoms with Gasteiger partial charge in [0.25, 0.3) is 0 Å². The number of benzene rings is 2. The molecule has 0 saturated carbocycles. The first-order chi connectivity index (χ1) is 13.1. The molecule has 28 heavy (non-hydrogen) atoms. The van der Waals surface area contributed by atoms with E-state index in [-0.39, 0.29) is 21.1 Å². The zero-order valence-electron chi connectivity index (χ0n) is 14.9. The zero-order chi connectivity index (χ0) is 18.4. The van der Waals surface area contributed by atoms with E-state index in [1.54, 1.807) is 33.6 Å². The van der Waals surface area contributed by atoms with Crippen LogP contribution < -0.4 is 9.47 Å². The van der Waals surface area contributed by atoms with Crippen LogP contribution in [0.2, 0.25) is 0 Å². The molecule has 0 aliphatic heterocycles. The van der Waals surface area contributed by atoms with Crippen LogP contribution in [-0.4, -0.2) is 19.6 Å². The van der Waals surface area contributed by atoms with Gasteiger partial charge in [0.2, 0.25) is 11.8 Å². The minimum absolute atomic E-state index is 0. The van der Waals surface area contributed by atoms with E-state index in [4.69, 9.17) is 13.9 Å². The molecule has 0 radical (unpaired) electrons. The molecular formula is C20H14N4O3Pt. The molecule has 0 N–H and O–H groups in total. The molecule has 0 aliphatic rings. The van der Waals surface area contributed by atoms with Crippen molar-refractivity contribution in [3.05, 3.63) is 60.9 Å². The van der Waals surface area contributed by atoms with Gasteiger partial charge in [0.05, 0.1) is 0 Å². The Kier molecular flexibility index (Phi) is 4.69. The normalized spacial score (nSPS) is 10.9. The number of rotatable bonds is 4. The minimum atomic E-state index is 0. The number of aryl methyl sites for hydroxylation is 2. The first-order valence-electron chi connectivity index (χ1n) is 8.30. The first kappa shape index (κ1) is 18.3. The third-order valence-electron chi connectivity index (χ3n) is 4.04. The number of aromatic nitrogens is 4. The maximum Gasteiger partial charge on any atom is 2.00 e. The van der Waals surface area contributed by atoms with Crippen LogP contribution in [0.5, 0.6) is 23.3 Å². The topological polar surface area (TPSA) is 67.2 Å². The molecule has 7 nitrogen and oxygen atoms in total. The predicted molar refractivity (Wildman–Crippen MR) is 98.0 cm³/mol. The summed E-state index contributed by atoms with van der Waals surface area (Å²) in [6, 6.07) is 17.3. The van der Waals surface area contributed by atoms with Gasteiger partial charge in [-0.05, 0) is 11.2 Å². The molecule has 3 heterocycles. The number of ether oxygens (including phenoxy) is 2. The smallest absolute Gasteiger partial charge is 0.564 e. The van der Waals surface area contributed by atoms with Crippen molar-refractivity contribution >= 4 is 21.9 Å². The third kappa shape index (κ3) is 3.41. The summed E-state index contributed by atoms with van der Waals surface area (Å²) in [5.41, 5.74) is 1.40. The van der Waals surface area contributed by atoms with E-state index in [0.717, 1.165) is 10.8 Å². The molecule has 0 bridgehead atoms. The van der Waals surface area contributed by atoms with Gasteiger partial charge in [-0.1, -0.05) is 12.1 Å². The van der Waals surface area contributed by atoms with Gasteiger partial charge < -0.3 is 13.9 Å². The summed E-state index contributed by atoms with van der Waals surface area (Å²) in [6.45, 7) is 0. The van der Waals surface area contributed by atoms with Crippen molar-refractivity contribution in [2.24, 2.45) is 14.1 Å². The number of fused-ring (bicyclic) bond motifs is 3. The van der Waals surface area contributed by atoms with E-state index in [9.17, 15) is 0 Å². The number of hydrogen-bond acceptors (Lipinski definition) is 5. The number of nitrogens with zero attached hydrogens (tertiary/aromatic N) is 4. The predicted octanol–water partition coefficient (Wildman–Crippen LogP) is 4.24. The molecule has 0 atom stereocenters. The van der Waals surface area contributed by atoms with Crippen LogP contribution in [0.15, 0.2) is 53.2 Å². The second-order valence-electron chi connectivity index (χ2n) is 6.09. The Morgan fingerprint density at radius 1 is 0.750 bits per heavy atom. The summed E-state index contributed by atoms with van der Waals surface area (Å²) in [6.07, 6.45) is 3.63. The van der Waals surface area contributed by atoms with E-state index in [1.807, 2.05) is 38.6 Å². The Morgan fingerprint density at radius 3 is 1.61 bits per heavy atom. The van der Waals surface area contributed by atoms with Gasteiger partial charge in [0.15, 0.2) is 0 Å². The molecular weight excluding hydrogens is 539 g/mol. The first-order valence-corrected chi connectivity index (χ1v) is 8.30. The van der Waals surface area contributed by atoms with Gasteiger partial charge in [0, 0.05) is 50.1 Å². The summed E-state index contributed by atoms with van der Waals surface area (Å²) in [5.74, 6) is 2.11. The third-order valence-corrected chi connectivity index (χ3v) is 4.04. The molecule has 3 aromatic heterocycles. The van der Waals surface area contributed by atoms with Gasteiger partial charge >= 0.3 is 21.1 Å². The van der Waals surface area contributed by atoms with Gasteiger partial charge in [-0.25, -0.2) is 0 Å². The molecule has 0 saturated heterocycles. The van der Waals surface area contributed by atoms with Gasteiger partial charge in [-0.2, -0.15) is 10.8 Å². The molecule has 8 heteroatoms. The number of furan rings is 1. The van der Waals surface area contributed by atoms with Crippen molar-refractivity contribution in [1.29, 1.82) is 0 Å². The summed E-state index contributed by atoms with van der Waals surface area (Å²) >= 11 is 0. The largest absolute Gasteiger partial charge is 2.00 e. The summed E-state index contributed by atoms with van der Waals surface area (Å²) < 4.78 is 20.7.